The van der Waals surface area contributed by atoms with Crippen LogP contribution in [0, 0.1) is 6.92 Å². The number of ether oxygens (including phenoxy) is 1. The highest BCUT2D eigenvalue weighted by Crippen LogP contribution is 2.26. The summed E-state index contributed by atoms with van der Waals surface area (Å²) in [4.78, 5) is 24.4. The second-order valence-corrected chi connectivity index (χ2v) is 6.23. The Bertz CT molecular complexity index is 992. The Morgan fingerprint density at radius 3 is 2.70 bits per heavy atom. The number of methoxy groups -OCH3 is 1. The van der Waals surface area contributed by atoms with Crippen LogP contribution in [0.5, 0.6) is 5.75 Å². The topological polar surface area (TPSA) is 86.4 Å². The Morgan fingerprint density at radius 2 is 2.00 bits per heavy atom. The molecule has 0 radical (unpaired) electrons. The maximum Gasteiger partial charge on any atom is 0.437 e. The van der Waals surface area contributed by atoms with Crippen molar-refractivity contribution in [2.24, 2.45) is 0 Å². The van der Waals surface area contributed by atoms with E-state index in [1.807, 2.05) is 50.2 Å². The minimum Gasteiger partial charge on any atom is -0.496 e. The van der Waals surface area contributed by atoms with Crippen molar-refractivity contribution in [1.29, 1.82) is 0 Å². The first kappa shape index (κ1) is 18.4. The molecule has 27 heavy (non-hydrogen) atoms. The van der Waals surface area contributed by atoms with Crippen molar-refractivity contribution in [3.8, 4) is 17.2 Å². The summed E-state index contributed by atoms with van der Waals surface area (Å²) in [7, 11) is 1.59. The predicted octanol–water partition coefficient (Wildman–Crippen LogP) is 2.70. The lowest BCUT2D eigenvalue weighted by Gasteiger charge is -2.17. The number of nitrogens with zero attached hydrogens (tertiary/aromatic N) is 2. The van der Waals surface area contributed by atoms with Crippen molar-refractivity contribution in [2.75, 3.05) is 7.11 Å². The molecule has 1 atom stereocenters. The Kier molecular flexibility index (Phi) is 5.40. The molecule has 0 saturated heterocycles. The molecule has 1 amide bonds. The normalized spacial score (nSPS) is 11.8. The van der Waals surface area contributed by atoms with E-state index in [9.17, 15) is 9.59 Å². The number of rotatable bonds is 6. The molecule has 1 aromatic heterocycles. The fourth-order valence-electron chi connectivity index (χ4n) is 2.80. The molecule has 0 unspecified atom stereocenters. The molecule has 0 saturated carbocycles. The van der Waals surface area contributed by atoms with Gasteiger partial charge in [0.15, 0.2) is 0 Å². The maximum atomic E-state index is 12.4. The van der Waals surface area contributed by atoms with E-state index in [4.69, 9.17) is 9.15 Å². The van der Waals surface area contributed by atoms with Crippen LogP contribution in [0.2, 0.25) is 0 Å². The van der Waals surface area contributed by atoms with Crippen LogP contribution in [0.3, 0.4) is 0 Å². The number of benzene rings is 2. The van der Waals surface area contributed by atoms with E-state index in [1.165, 1.54) is 0 Å². The third-order valence-electron chi connectivity index (χ3n) is 4.15. The molecule has 1 heterocycles. The summed E-state index contributed by atoms with van der Waals surface area (Å²) in [6.07, 6.45) is 0. The van der Waals surface area contributed by atoms with Gasteiger partial charge in [0.1, 0.15) is 12.3 Å². The Labute approximate surface area is 156 Å². The Hall–Kier alpha value is -3.35. The van der Waals surface area contributed by atoms with Gasteiger partial charge in [-0.25, -0.2) is 4.79 Å². The van der Waals surface area contributed by atoms with Crippen LogP contribution in [0.1, 0.15) is 24.1 Å². The van der Waals surface area contributed by atoms with Crippen LogP contribution in [0.15, 0.2) is 57.7 Å². The lowest BCUT2D eigenvalue weighted by molar-refractivity contribution is -0.122. The fraction of sp³-hybridized carbons (Fsp3) is 0.250. The molecule has 1 N–H and O–H groups in total. The highest BCUT2D eigenvalue weighted by Gasteiger charge is 2.17. The van der Waals surface area contributed by atoms with Gasteiger partial charge in [0.25, 0.3) is 0 Å². The predicted molar refractivity (Wildman–Crippen MR) is 100 cm³/mol. The van der Waals surface area contributed by atoms with Gasteiger partial charge in [-0.15, -0.1) is 5.10 Å². The number of carbonyl (C=O) groups excluding carboxylic acids is 1. The quantitative estimate of drug-likeness (QED) is 0.724. The van der Waals surface area contributed by atoms with Crippen LogP contribution in [-0.2, 0) is 11.3 Å². The molecule has 0 aliphatic rings. The van der Waals surface area contributed by atoms with Gasteiger partial charge < -0.3 is 14.5 Å². The van der Waals surface area contributed by atoms with Crippen molar-refractivity contribution >= 4 is 5.91 Å². The first-order valence-corrected chi connectivity index (χ1v) is 8.55. The summed E-state index contributed by atoms with van der Waals surface area (Å²) in [6, 6.07) is 14.5. The Balaban J connectivity index is 1.72. The zero-order valence-electron chi connectivity index (χ0n) is 15.4. The third kappa shape index (κ3) is 4.25. The average Bonchev–Trinajstić information content (AvgIpc) is 3.02. The lowest BCUT2D eigenvalue weighted by Crippen LogP contribution is -2.33. The molecule has 3 aromatic rings. The van der Waals surface area contributed by atoms with Gasteiger partial charge in [0.05, 0.1) is 13.2 Å². The molecule has 2 aromatic carbocycles. The standard InChI is InChI=1S/C20H21N3O4/c1-13-9-10-17(26-3)16(11-13)14(2)21-18(24)12-23-20(25)27-19(22-23)15-7-5-4-6-8-15/h4-11,14H,12H2,1-3H3,(H,21,24)/t14-/m1/s1. The largest absolute Gasteiger partial charge is 0.496 e. The van der Waals surface area contributed by atoms with Gasteiger partial charge in [-0.3, -0.25) is 4.79 Å². The van der Waals surface area contributed by atoms with E-state index in [-0.39, 0.29) is 24.4 Å². The molecule has 7 nitrogen and oxygen atoms in total. The second kappa shape index (κ2) is 7.90. The van der Waals surface area contributed by atoms with E-state index < -0.39 is 5.76 Å². The number of amides is 1. The van der Waals surface area contributed by atoms with E-state index in [1.54, 1.807) is 19.2 Å². The number of hydrogen-bond acceptors (Lipinski definition) is 5. The van der Waals surface area contributed by atoms with Gasteiger partial charge >= 0.3 is 5.76 Å². The zero-order valence-corrected chi connectivity index (χ0v) is 15.4. The molecular formula is C20H21N3O4. The van der Waals surface area contributed by atoms with Gasteiger partial charge in [0, 0.05) is 11.1 Å². The van der Waals surface area contributed by atoms with Gasteiger partial charge in [0.2, 0.25) is 11.8 Å². The average molecular weight is 367 g/mol. The molecular weight excluding hydrogens is 346 g/mol. The second-order valence-electron chi connectivity index (χ2n) is 6.23. The molecule has 0 spiro atoms. The summed E-state index contributed by atoms with van der Waals surface area (Å²) in [5.41, 5.74) is 2.60. The van der Waals surface area contributed by atoms with Crippen LogP contribution in [-0.4, -0.2) is 22.8 Å². The van der Waals surface area contributed by atoms with E-state index in [0.29, 0.717) is 11.3 Å². The highest BCUT2D eigenvalue weighted by atomic mass is 16.5. The zero-order chi connectivity index (χ0) is 19.4. The summed E-state index contributed by atoms with van der Waals surface area (Å²) in [5, 5.41) is 6.96. The van der Waals surface area contributed by atoms with Gasteiger partial charge in [-0.1, -0.05) is 35.9 Å². The summed E-state index contributed by atoms with van der Waals surface area (Å²) < 4.78 is 11.5. The van der Waals surface area contributed by atoms with Crippen molar-refractivity contribution in [3.63, 3.8) is 0 Å². The highest BCUT2D eigenvalue weighted by molar-refractivity contribution is 5.76. The van der Waals surface area contributed by atoms with E-state index in [0.717, 1.165) is 15.8 Å². The van der Waals surface area contributed by atoms with Crippen LogP contribution < -0.4 is 15.8 Å². The molecule has 0 aliphatic heterocycles. The minimum atomic E-state index is -0.676. The molecule has 0 aliphatic carbocycles. The van der Waals surface area contributed by atoms with Gasteiger partial charge in [-0.2, -0.15) is 4.68 Å². The van der Waals surface area contributed by atoms with Crippen LogP contribution in [0.25, 0.3) is 11.5 Å². The van der Waals surface area contributed by atoms with Crippen molar-refractivity contribution in [1.82, 2.24) is 15.1 Å². The number of aromatic nitrogens is 2. The molecule has 0 bridgehead atoms. The number of hydrogen-bond donors (Lipinski definition) is 1. The van der Waals surface area contributed by atoms with E-state index in [2.05, 4.69) is 10.4 Å². The fourth-order valence-corrected chi connectivity index (χ4v) is 2.80. The third-order valence-corrected chi connectivity index (χ3v) is 4.15. The molecule has 140 valence electrons. The van der Waals surface area contributed by atoms with Gasteiger partial charge in [-0.05, 0) is 32.0 Å². The van der Waals surface area contributed by atoms with Crippen molar-refractivity contribution in [3.05, 3.63) is 70.2 Å². The first-order chi connectivity index (χ1) is 13.0. The van der Waals surface area contributed by atoms with Crippen LogP contribution >= 0.6 is 0 Å². The maximum absolute atomic E-state index is 12.4. The van der Waals surface area contributed by atoms with Crippen molar-refractivity contribution < 1.29 is 13.9 Å². The number of aryl methyl sites for hydroxylation is 1. The van der Waals surface area contributed by atoms with Crippen molar-refractivity contribution in [2.45, 2.75) is 26.4 Å². The smallest absolute Gasteiger partial charge is 0.437 e. The first-order valence-electron chi connectivity index (χ1n) is 8.55. The summed E-state index contributed by atoms with van der Waals surface area (Å²) >= 11 is 0. The minimum absolute atomic E-state index is 0.182. The Morgan fingerprint density at radius 1 is 1.26 bits per heavy atom. The monoisotopic (exact) mass is 367 g/mol. The molecule has 0 fully saturated rings. The molecule has 3 rings (SSSR count). The lowest BCUT2D eigenvalue weighted by atomic mass is 10.0. The number of nitrogens with one attached hydrogen (secondary N) is 1. The SMILES string of the molecule is COc1ccc(C)cc1[C@@H](C)NC(=O)Cn1nc(-c2ccccc2)oc1=O. The number of carbonyl (C=O) groups is 1. The summed E-state index contributed by atoms with van der Waals surface area (Å²) in [5.74, 6) is -0.147. The molecule has 7 heteroatoms. The van der Waals surface area contributed by atoms with E-state index >= 15 is 0 Å². The summed E-state index contributed by atoms with van der Waals surface area (Å²) in [6.45, 7) is 3.60. The van der Waals surface area contributed by atoms with Crippen LogP contribution in [0.4, 0.5) is 0 Å².